The fourth-order valence-corrected chi connectivity index (χ4v) is 4.64. The number of piperidine rings is 1. The van der Waals surface area contributed by atoms with Crippen LogP contribution in [0.15, 0.2) is 23.1 Å². The van der Waals surface area contributed by atoms with E-state index in [4.69, 9.17) is 9.47 Å². The number of ether oxygens (including phenoxy) is 2. The largest absolute Gasteiger partial charge is 0.491 e. The van der Waals surface area contributed by atoms with Gasteiger partial charge in [-0.2, -0.15) is 4.31 Å². The van der Waals surface area contributed by atoms with Crippen molar-refractivity contribution >= 4 is 10.0 Å². The summed E-state index contributed by atoms with van der Waals surface area (Å²) >= 11 is 0. The number of nitrogens with zero attached hydrogens (tertiary/aromatic N) is 2. The van der Waals surface area contributed by atoms with Crippen LogP contribution in [0.5, 0.6) is 5.75 Å². The van der Waals surface area contributed by atoms with Gasteiger partial charge in [0.1, 0.15) is 12.4 Å². The van der Waals surface area contributed by atoms with Crippen LogP contribution in [0.1, 0.15) is 25.3 Å². The Labute approximate surface area is 151 Å². The van der Waals surface area contributed by atoms with E-state index in [0.717, 1.165) is 38.0 Å². The summed E-state index contributed by atoms with van der Waals surface area (Å²) in [6.07, 6.45) is 1.75. The molecular weight excluding hydrogens is 340 g/mol. The molecule has 7 heteroatoms. The molecule has 0 aromatic heterocycles. The molecule has 0 bridgehead atoms. The molecule has 0 spiro atoms. The SMILES string of the molecule is CCN1CCC(N(C)S(=O)(=O)c2ccc(OCCOC)c(C)c2)CC1. The lowest BCUT2D eigenvalue weighted by molar-refractivity contribution is 0.146. The molecule has 1 aliphatic heterocycles. The van der Waals surface area contributed by atoms with Crippen molar-refractivity contribution in [3.05, 3.63) is 23.8 Å². The van der Waals surface area contributed by atoms with E-state index in [1.165, 1.54) is 0 Å². The standard InChI is InChI=1S/C18H30N2O4S/c1-5-20-10-8-16(9-11-20)19(3)25(21,22)17-6-7-18(15(2)14-17)24-13-12-23-4/h6-7,14,16H,5,8-13H2,1-4H3. The van der Waals surface area contributed by atoms with Crippen LogP contribution in [0, 0.1) is 6.92 Å². The van der Waals surface area contributed by atoms with E-state index in [9.17, 15) is 8.42 Å². The van der Waals surface area contributed by atoms with E-state index in [-0.39, 0.29) is 6.04 Å². The van der Waals surface area contributed by atoms with Gasteiger partial charge < -0.3 is 14.4 Å². The summed E-state index contributed by atoms with van der Waals surface area (Å²) < 4.78 is 38.0. The van der Waals surface area contributed by atoms with Gasteiger partial charge in [-0.05, 0) is 63.2 Å². The van der Waals surface area contributed by atoms with Crippen molar-refractivity contribution in [3.8, 4) is 5.75 Å². The first kappa shape index (κ1) is 20.2. The molecule has 1 aromatic rings. The summed E-state index contributed by atoms with van der Waals surface area (Å²) in [5, 5.41) is 0. The second-order valence-electron chi connectivity index (χ2n) is 6.46. The molecule has 2 rings (SSSR count). The first-order valence-corrected chi connectivity index (χ1v) is 10.3. The van der Waals surface area contributed by atoms with E-state index in [1.807, 2.05) is 6.92 Å². The Morgan fingerprint density at radius 3 is 2.48 bits per heavy atom. The van der Waals surface area contributed by atoms with Crippen LogP contribution in [0.2, 0.25) is 0 Å². The molecule has 1 saturated heterocycles. The molecule has 0 N–H and O–H groups in total. The van der Waals surface area contributed by atoms with Crippen LogP contribution in [-0.4, -0.2) is 70.7 Å². The van der Waals surface area contributed by atoms with Gasteiger partial charge in [-0.3, -0.25) is 0 Å². The molecule has 0 atom stereocenters. The van der Waals surface area contributed by atoms with Gasteiger partial charge in [0, 0.05) is 20.2 Å². The molecule has 0 unspecified atom stereocenters. The summed E-state index contributed by atoms with van der Waals surface area (Å²) in [7, 11) is -0.181. The van der Waals surface area contributed by atoms with Gasteiger partial charge in [0.25, 0.3) is 0 Å². The fourth-order valence-electron chi connectivity index (χ4n) is 3.14. The number of aryl methyl sites for hydroxylation is 1. The minimum Gasteiger partial charge on any atom is -0.491 e. The third kappa shape index (κ3) is 4.94. The molecule has 1 fully saturated rings. The van der Waals surface area contributed by atoms with Crippen molar-refractivity contribution in [2.24, 2.45) is 0 Å². The van der Waals surface area contributed by atoms with Crippen LogP contribution in [0.25, 0.3) is 0 Å². The lowest BCUT2D eigenvalue weighted by Gasteiger charge is -2.35. The van der Waals surface area contributed by atoms with Gasteiger partial charge >= 0.3 is 0 Å². The van der Waals surface area contributed by atoms with E-state index < -0.39 is 10.0 Å². The zero-order chi connectivity index (χ0) is 18.4. The fraction of sp³-hybridized carbons (Fsp3) is 0.667. The lowest BCUT2D eigenvalue weighted by atomic mass is 10.1. The van der Waals surface area contributed by atoms with E-state index in [1.54, 1.807) is 36.7 Å². The van der Waals surface area contributed by atoms with Crippen LogP contribution >= 0.6 is 0 Å². The summed E-state index contributed by atoms with van der Waals surface area (Å²) in [4.78, 5) is 2.68. The smallest absolute Gasteiger partial charge is 0.243 e. The average molecular weight is 371 g/mol. The lowest BCUT2D eigenvalue weighted by Crippen LogP contribution is -2.45. The molecule has 0 radical (unpaired) electrons. The number of rotatable bonds is 8. The first-order valence-electron chi connectivity index (χ1n) is 8.83. The Kier molecular flexibility index (Phi) is 7.25. The predicted molar refractivity (Wildman–Crippen MR) is 98.6 cm³/mol. The Hall–Kier alpha value is -1.15. The second kappa shape index (κ2) is 8.98. The molecule has 1 heterocycles. The number of benzene rings is 1. The zero-order valence-corrected chi connectivity index (χ0v) is 16.5. The highest BCUT2D eigenvalue weighted by atomic mass is 32.2. The van der Waals surface area contributed by atoms with Crippen molar-refractivity contribution in [1.82, 2.24) is 9.21 Å². The van der Waals surface area contributed by atoms with Crippen molar-refractivity contribution in [3.63, 3.8) is 0 Å². The first-order chi connectivity index (χ1) is 11.9. The normalized spacial score (nSPS) is 17.2. The van der Waals surface area contributed by atoms with Gasteiger partial charge in [0.05, 0.1) is 11.5 Å². The predicted octanol–water partition coefficient (Wildman–Crippen LogP) is 2.13. The molecule has 0 saturated carbocycles. The van der Waals surface area contributed by atoms with E-state index >= 15 is 0 Å². The molecule has 0 aliphatic carbocycles. The van der Waals surface area contributed by atoms with Crippen LogP contribution in [0.4, 0.5) is 0 Å². The minimum atomic E-state index is -3.49. The Morgan fingerprint density at radius 2 is 1.92 bits per heavy atom. The molecule has 142 valence electrons. The monoisotopic (exact) mass is 370 g/mol. The molecular formula is C18H30N2O4S. The highest BCUT2D eigenvalue weighted by Crippen LogP contribution is 2.26. The van der Waals surface area contributed by atoms with Crippen LogP contribution < -0.4 is 4.74 Å². The van der Waals surface area contributed by atoms with Gasteiger partial charge in [0.2, 0.25) is 10.0 Å². The summed E-state index contributed by atoms with van der Waals surface area (Å²) in [5.74, 6) is 0.690. The molecule has 0 amide bonds. The molecule has 25 heavy (non-hydrogen) atoms. The van der Waals surface area contributed by atoms with E-state index in [0.29, 0.717) is 23.9 Å². The number of methoxy groups -OCH3 is 1. The second-order valence-corrected chi connectivity index (χ2v) is 8.45. The number of hydrogen-bond donors (Lipinski definition) is 0. The third-order valence-electron chi connectivity index (χ3n) is 4.89. The number of sulfonamides is 1. The van der Waals surface area contributed by atoms with Gasteiger partial charge in [-0.15, -0.1) is 0 Å². The topological polar surface area (TPSA) is 59.1 Å². The maximum Gasteiger partial charge on any atom is 0.243 e. The molecule has 1 aromatic carbocycles. The number of hydrogen-bond acceptors (Lipinski definition) is 5. The van der Waals surface area contributed by atoms with Crippen molar-refractivity contribution in [1.29, 1.82) is 0 Å². The Balaban J connectivity index is 2.09. The minimum absolute atomic E-state index is 0.0609. The Morgan fingerprint density at radius 1 is 1.24 bits per heavy atom. The van der Waals surface area contributed by atoms with Gasteiger partial charge in [0.15, 0.2) is 0 Å². The highest BCUT2D eigenvalue weighted by molar-refractivity contribution is 7.89. The highest BCUT2D eigenvalue weighted by Gasteiger charge is 2.30. The van der Waals surface area contributed by atoms with Crippen molar-refractivity contribution in [2.45, 2.75) is 37.6 Å². The molecule has 1 aliphatic rings. The van der Waals surface area contributed by atoms with Gasteiger partial charge in [-0.25, -0.2) is 8.42 Å². The van der Waals surface area contributed by atoms with Crippen molar-refractivity contribution in [2.75, 3.05) is 47.0 Å². The van der Waals surface area contributed by atoms with Crippen LogP contribution in [-0.2, 0) is 14.8 Å². The van der Waals surface area contributed by atoms with Crippen LogP contribution in [0.3, 0.4) is 0 Å². The maximum absolute atomic E-state index is 13.0. The third-order valence-corrected chi connectivity index (χ3v) is 6.79. The quantitative estimate of drug-likeness (QED) is 0.656. The molecule has 6 nitrogen and oxygen atoms in total. The summed E-state index contributed by atoms with van der Waals surface area (Å²) in [5.41, 5.74) is 0.811. The number of likely N-dealkylation sites (tertiary alicyclic amines) is 1. The Bertz CT molecular complexity index is 655. The van der Waals surface area contributed by atoms with E-state index in [2.05, 4.69) is 11.8 Å². The average Bonchev–Trinajstić information content (AvgIpc) is 2.62. The maximum atomic E-state index is 13.0. The summed E-state index contributed by atoms with van der Waals surface area (Å²) in [6, 6.07) is 5.11. The zero-order valence-electron chi connectivity index (χ0n) is 15.7. The van der Waals surface area contributed by atoms with Crippen molar-refractivity contribution < 1.29 is 17.9 Å². The van der Waals surface area contributed by atoms with Gasteiger partial charge in [-0.1, -0.05) is 6.92 Å². The summed E-state index contributed by atoms with van der Waals surface area (Å²) in [6.45, 7) is 7.87.